The summed E-state index contributed by atoms with van der Waals surface area (Å²) in [6.07, 6.45) is -2.53. The zero-order valence-electron chi connectivity index (χ0n) is 3.81. The highest BCUT2D eigenvalue weighted by molar-refractivity contribution is 14.2. The fourth-order valence-electron chi connectivity index (χ4n) is 0.0690. The molecule has 0 unspecified atom stereocenters. The number of aliphatic hydroxyl groups is 2. The lowest BCUT2D eigenvalue weighted by molar-refractivity contribution is -0.148. The van der Waals surface area contributed by atoms with Crippen LogP contribution in [0.2, 0.25) is 0 Å². The van der Waals surface area contributed by atoms with Crippen LogP contribution in [0.5, 0.6) is 0 Å². The van der Waals surface area contributed by atoms with Crippen LogP contribution in [0, 0.1) is 0 Å². The predicted molar refractivity (Wildman–Crippen MR) is 34.3 cm³/mol. The molecule has 0 bridgehead atoms. The molecule has 2 N–H and O–H groups in total. The van der Waals surface area contributed by atoms with Gasteiger partial charge in [0.05, 0.1) is 0 Å². The summed E-state index contributed by atoms with van der Waals surface area (Å²) in [5.41, 5.74) is 0. The summed E-state index contributed by atoms with van der Waals surface area (Å²) < 4.78 is 23.1. The Hall–Kier alpha value is 0.380. The van der Waals surface area contributed by atoms with Crippen LogP contribution >= 0.6 is 20.7 Å². The highest BCUT2D eigenvalue weighted by Gasteiger charge is 2.33. The molecule has 0 saturated carbocycles. The Balaban J connectivity index is 3.90. The highest BCUT2D eigenvalue weighted by Crippen LogP contribution is 2.29. The third-order valence-corrected chi connectivity index (χ3v) is 2.05. The summed E-state index contributed by atoms with van der Waals surface area (Å²) in [7, 11) is 0. The Labute approximate surface area is 54.9 Å². The first-order chi connectivity index (χ1) is 3.50. The molecule has 50 valence electrons. The maximum atomic E-state index is 11.8. The van der Waals surface area contributed by atoms with Crippen molar-refractivity contribution in [3.8, 4) is 0 Å². The average Bonchev–Trinajstić information content (AvgIpc) is 1.67. The van der Waals surface area contributed by atoms with E-state index in [2.05, 4.69) is 4.51 Å². The molecule has 0 aromatic heterocycles. The van der Waals surface area contributed by atoms with Crippen LogP contribution in [0.4, 0.5) is 8.78 Å². The first-order valence-electron chi connectivity index (χ1n) is 1.64. The fourth-order valence-corrected chi connectivity index (χ4v) is 0.463. The van der Waals surface area contributed by atoms with Crippen molar-refractivity contribution < 1.29 is 19.0 Å². The minimum Gasteiger partial charge on any atom is -0.363 e. The molecule has 0 aromatic rings. The summed E-state index contributed by atoms with van der Waals surface area (Å²) in [5.74, 6) is 0. The second-order valence-corrected chi connectivity index (χ2v) is 3.25. The lowest BCUT2D eigenvalue weighted by atomic mass is 10.7. The van der Waals surface area contributed by atoms with Crippen LogP contribution < -0.4 is 0 Å². The van der Waals surface area contributed by atoms with E-state index >= 15 is 0 Å². The fraction of sp³-hybridized carbons (Fsp3) is 0.667. The minimum atomic E-state index is -3.35. The van der Waals surface area contributed by atoms with Gasteiger partial charge in [-0.15, -0.1) is 0 Å². The Morgan fingerprint density at radius 1 is 1.50 bits per heavy atom. The molecule has 0 amide bonds. The molecule has 8 heavy (non-hydrogen) atoms. The molecule has 0 aliphatic carbocycles. The van der Waals surface area contributed by atoms with Crippen molar-refractivity contribution in [1.82, 2.24) is 0 Å². The number of hydrogen-bond donors (Lipinski definition) is 2. The van der Waals surface area contributed by atoms with Gasteiger partial charge in [0, 0.05) is 0 Å². The average molecular weight is 238 g/mol. The number of halogens is 3. The Kier molecular flexibility index (Phi) is 2.92. The van der Waals surface area contributed by atoms with Crippen molar-refractivity contribution in [3.63, 3.8) is 0 Å². The molecule has 0 fully saturated rings. The van der Waals surface area contributed by atoms with Gasteiger partial charge in [0.25, 0.3) is 0 Å². The van der Waals surface area contributed by atoms with Crippen LogP contribution in [0.1, 0.15) is 0 Å². The first kappa shape index (κ1) is 8.38. The van der Waals surface area contributed by atoms with Crippen LogP contribution in [-0.4, -0.2) is 24.9 Å². The summed E-state index contributed by atoms with van der Waals surface area (Å²) in [6.45, 7) is 0. The zero-order valence-corrected chi connectivity index (χ0v) is 5.97. The molecular weight excluding hydrogens is 233 g/mol. The summed E-state index contributed by atoms with van der Waals surface area (Å²) in [4.78, 5) is 0. The van der Waals surface area contributed by atoms with E-state index in [9.17, 15) is 8.78 Å². The SMILES string of the molecule is C=IC(F)(F)C(O)O. The second kappa shape index (κ2) is 2.79. The highest BCUT2D eigenvalue weighted by atomic mass is 127. The summed E-state index contributed by atoms with van der Waals surface area (Å²) >= 11 is -1.66. The minimum absolute atomic E-state index is 1.66. The van der Waals surface area contributed by atoms with Crippen molar-refractivity contribution in [1.29, 1.82) is 0 Å². The maximum absolute atomic E-state index is 11.8. The molecule has 0 radical (unpaired) electrons. The Morgan fingerprint density at radius 2 is 1.88 bits per heavy atom. The largest absolute Gasteiger partial charge is 0.363 e. The zero-order chi connectivity index (χ0) is 6.78. The molecule has 0 aromatic carbocycles. The van der Waals surface area contributed by atoms with Gasteiger partial charge >= 0.3 is 3.93 Å². The molecule has 5 heteroatoms. The van der Waals surface area contributed by atoms with E-state index in [0.29, 0.717) is 0 Å². The molecule has 2 nitrogen and oxygen atoms in total. The third kappa shape index (κ3) is 2.10. The second-order valence-electron chi connectivity index (χ2n) is 1.05. The smallest absolute Gasteiger partial charge is 0.340 e. The molecule has 0 atom stereocenters. The van der Waals surface area contributed by atoms with Crippen LogP contribution in [0.15, 0.2) is 0 Å². The van der Waals surface area contributed by atoms with Crippen LogP contribution in [0.25, 0.3) is 0 Å². The first-order valence-corrected chi connectivity index (χ1v) is 4.24. The van der Waals surface area contributed by atoms with Gasteiger partial charge in [-0.2, -0.15) is 8.78 Å². The van der Waals surface area contributed by atoms with Gasteiger partial charge in [-0.25, -0.2) is 0 Å². The number of alkyl halides is 3. The third-order valence-electron chi connectivity index (χ3n) is 0.471. The van der Waals surface area contributed by atoms with Gasteiger partial charge in [0.15, 0.2) is 0 Å². The van der Waals surface area contributed by atoms with Crippen molar-refractivity contribution in [2.45, 2.75) is 10.2 Å². The Morgan fingerprint density at radius 3 is 1.88 bits per heavy atom. The Bertz CT molecular complexity index is 93.3. The van der Waals surface area contributed by atoms with Crippen molar-refractivity contribution in [2.24, 2.45) is 0 Å². The van der Waals surface area contributed by atoms with Crippen molar-refractivity contribution in [3.05, 3.63) is 0 Å². The van der Waals surface area contributed by atoms with Gasteiger partial charge in [-0.3, -0.25) is 0 Å². The van der Waals surface area contributed by atoms with Crippen molar-refractivity contribution >= 4 is 25.2 Å². The molecule has 0 rings (SSSR count). The molecule has 0 heterocycles. The van der Waals surface area contributed by atoms with Crippen LogP contribution in [-0.2, 0) is 0 Å². The van der Waals surface area contributed by atoms with Gasteiger partial charge < -0.3 is 10.2 Å². The van der Waals surface area contributed by atoms with E-state index in [1.807, 2.05) is 0 Å². The molecule has 0 spiro atoms. The normalized spacial score (nSPS) is 12.6. The van der Waals surface area contributed by atoms with Gasteiger partial charge in [-0.05, 0) is 20.7 Å². The molecule has 0 aliphatic rings. The standard InChI is InChI=1S/C3H5F2IO2/c1-6-3(4,5)2(7)8/h2,7-8H,1H2. The molecular formula is C3H5F2IO2. The topological polar surface area (TPSA) is 40.5 Å². The summed E-state index contributed by atoms with van der Waals surface area (Å²) in [6, 6.07) is 0. The van der Waals surface area contributed by atoms with Crippen LogP contribution in [0.3, 0.4) is 0 Å². The number of aliphatic hydroxyl groups excluding tert-OH is 1. The molecule has 0 aliphatic heterocycles. The summed E-state index contributed by atoms with van der Waals surface area (Å²) in [5, 5.41) is 15.7. The predicted octanol–water partition coefficient (Wildman–Crippen LogP) is 0.293. The number of rotatable bonds is 2. The van der Waals surface area contributed by atoms with E-state index in [4.69, 9.17) is 10.2 Å². The lowest BCUT2D eigenvalue weighted by Crippen LogP contribution is -2.26. The van der Waals surface area contributed by atoms with E-state index in [0.717, 1.165) is 0 Å². The van der Waals surface area contributed by atoms with E-state index in [-0.39, 0.29) is 0 Å². The molecule has 0 saturated heterocycles. The lowest BCUT2D eigenvalue weighted by Gasteiger charge is -2.10. The maximum Gasteiger partial charge on any atom is 0.340 e. The number of hydrogen-bond acceptors (Lipinski definition) is 2. The van der Waals surface area contributed by atoms with Crippen molar-refractivity contribution in [2.75, 3.05) is 0 Å². The van der Waals surface area contributed by atoms with Gasteiger partial charge in [0.2, 0.25) is 6.29 Å². The van der Waals surface area contributed by atoms with Gasteiger partial charge in [0.1, 0.15) is 0 Å². The van der Waals surface area contributed by atoms with Gasteiger partial charge in [-0.1, -0.05) is 4.51 Å². The van der Waals surface area contributed by atoms with E-state index in [1.54, 1.807) is 0 Å². The quantitative estimate of drug-likeness (QED) is 0.412. The monoisotopic (exact) mass is 238 g/mol. The van der Waals surface area contributed by atoms with E-state index in [1.165, 1.54) is 0 Å². The van der Waals surface area contributed by atoms with E-state index < -0.39 is 31.0 Å².